The van der Waals surface area contributed by atoms with Crippen LogP contribution < -0.4 is 4.74 Å². The minimum Gasteiger partial charge on any atom is -0.496 e. The van der Waals surface area contributed by atoms with Gasteiger partial charge in [-0.1, -0.05) is 6.42 Å². The van der Waals surface area contributed by atoms with Crippen molar-refractivity contribution in [3.05, 3.63) is 47.5 Å². The van der Waals surface area contributed by atoms with E-state index in [-0.39, 0.29) is 5.82 Å². The van der Waals surface area contributed by atoms with E-state index < -0.39 is 0 Å². The third-order valence-electron chi connectivity index (χ3n) is 3.44. The van der Waals surface area contributed by atoms with Crippen molar-refractivity contribution in [1.29, 1.82) is 0 Å². The number of ether oxygens (including phenoxy) is 1. The Morgan fingerprint density at radius 1 is 1.27 bits per heavy atom. The van der Waals surface area contributed by atoms with Crippen molar-refractivity contribution >= 4 is 11.8 Å². The summed E-state index contributed by atoms with van der Waals surface area (Å²) in [6, 6.07) is 4.69. The van der Waals surface area contributed by atoms with Gasteiger partial charge in [0.2, 0.25) is 0 Å². The maximum absolute atomic E-state index is 13.2. The highest BCUT2D eigenvalue weighted by Gasteiger charge is 2.04. The molecule has 0 bridgehead atoms. The number of unbranched alkanes of at least 4 members (excludes halogenated alkanes) is 2. The lowest BCUT2D eigenvalue weighted by molar-refractivity contribution is 0.410. The standard InChI is InChI=1S/C17H23FN2OS/c1-14-11-19-20(12-14)8-4-3-5-9-22-13-15-10-16(18)6-7-17(15)21-2/h6-7,10-12H,3-5,8-9,13H2,1-2H3. The van der Waals surface area contributed by atoms with E-state index in [1.54, 1.807) is 19.2 Å². The number of thioether (sulfide) groups is 1. The Kier molecular flexibility index (Phi) is 6.77. The van der Waals surface area contributed by atoms with Gasteiger partial charge in [-0.2, -0.15) is 16.9 Å². The average Bonchev–Trinajstić information content (AvgIpc) is 2.92. The Hall–Kier alpha value is -1.49. The lowest BCUT2D eigenvalue weighted by Gasteiger charge is -2.08. The second-order valence-electron chi connectivity index (χ2n) is 5.35. The number of aryl methyl sites for hydroxylation is 2. The quantitative estimate of drug-likeness (QED) is 0.639. The largest absolute Gasteiger partial charge is 0.496 e. The number of benzene rings is 1. The van der Waals surface area contributed by atoms with Crippen LogP contribution in [0.25, 0.3) is 0 Å². The molecule has 0 aliphatic rings. The molecule has 0 unspecified atom stereocenters. The van der Waals surface area contributed by atoms with Crippen LogP contribution in [0.15, 0.2) is 30.6 Å². The molecule has 120 valence electrons. The van der Waals surface area contributed by atoms with Gasteiger partial charge in [0, 0.05) is 24.1 Å². The van der Waals surface area contributed by atoms with E-state index in [0.717, 1.165) is 35.8 Å². The van der Waals surface area contributed by atoms with Gasteiger partial charge in [0.15, 0.2) is 0 Å². The summed E-state index contributed by atoms with van der Waals surface area (Å²) in [6.45, 7) is 3.04. The fourth-order valence-electron chi connectivity index (χ4n) is 2.29. The highest BCUT2D eigenvalue weighted by atomic mass is 32.2. The first-order chi connectivity index (χ1) is 10.7. The summed E-state index contributed by atoms with van der Waals surface area (Å²) >= 11 is 1.83. The summed E-state index contributed by atoms with van der Waals surface area (Å²) in [7, 11) is 1.62. The molecule has 1 heterocycles. The number of hydrogen-bond acceptors (Lipinski definition) is 3. The van der Waals surface area contributed by atoms with Gasteiger partial charge >= 0.3 is 0 Å². The van der Waals surface area contributed by atoms with Crippen LogP contribution in [0.4, 0.5) is 4.39 Å². The van der Waals surface area contributed by atoms with Crippen molar-refractivity contribution in [2.75, 3.05) is 12.9 Å². The summed E-state index contributed by atoms with van der Waals surface area (Å²) in [6.07, 6.45) is 7.47. The fourth-order valence-corrected chi connectivity index (χ4v) is 3.28. The minimum atomic E-state index is -0.203. The molecule has 2 aromatic rings. The van der Waals surface area contributed by atoms with Gasteiger partial charge in [0.05, 0.1) is 13.3 Å². The smallest absolute Gasteiger partial charge is 0.123 e. The number of rotatable bonds is 9. The third kappa shape index (κ3) is 5.37. The molecular formula is C17H23FN2OS. The molecule has 0 atom stereocenters. The maximum atomic E-state index is 13.2. The van der Waals surface area contributed by atoms with Gasteiger partial charge in [-0.15, -0.1) is 0 Å². The molecule has 3 nitrogen and oxygen atoms in total. The van der Waals surface area contributed by atoms with Crippen molar-refractivity contribution in [1.82, 2.24) is 9.78 Å². The van der Waals surface area contributed by atoms with Crippen LogP contribution in [0.2, 0.25) is 0 Å². The Morgan fingerprint density at radius 2 is 2.14 bits per heavy atom. The lowest BCUT2D eigenvalue weighted by Crippen LogP contribution is -1.98. The monoisotopic (exact) mass is 322 g/mol. The van der Waals surface area contributed by atoms with E-state index in [0.29, 0.717) is 0 Å². The van der Waals surface area contributed by atoms with Crippen molar-refractivity contribution in [2.45, 2.75) is 38.5 Å². The van der Waals surface area contributed by atoms with Crippen molar-refractivity contribution < 1.29 is 9.13 Å². The van der Waals surface area contributed by atoms with Gasteiger partial charge in [-0.25, -0.2) is 4.39 Å². The first kappa shape index (κ1) is 16.9. The molecule has 22 heavy (non-hydrogen) atoms. The Bertz CT molecular complexity index is 586. The molecule has 0 spiro atoms. The van der Waals surface area contributed by atoms with Gasteiger partial charge in [0.1, 0.15) is 11.6 Å². The van der Waals surface area contributed by atoms with Gasteiger partial charge in [-0.05, 0) is 49.3 Å². The zero-order chi connectivity index (χ0) is 15.8. The molecule has 1 aromatic heterocycles. The SMILES string of the molecule is COc1ccc(F)cc1CSCCCCCn1cc(C)cn1. The number of hydrogen-bond donors (Lipinski definition) is 0. The predicted octanol–water partition coefficient (Wildman–Crippen LogP) is 4.44. The second kappa shape index (κ2) is 8.83. The van der Waals surface area contributed by atoms with Crippen LogP contribution in [0, 0.1) is 12.7 Å². The molecule has 0 aliphatic heterocycles. The summed E-state index contributed by atoms with van der Waals surface area (Å²) in [5, 5.41) is 4.28. The Balaban J connectivity index is 1.60. The second-order valence-corrected chi connectivity index (χ2v) is 6.46. The minimum absolute atomic E-state index is 0.203. The molecular weight excluding hydrogens is 299 g/mol. The first-order valence-corrected chi connectivity index (χ1v) is 8.73. The zero-order valence-corrected chi connectivity index (χ0v) is 14.0. The number of halogens is 1. The Labute approximate surface area is 135 Å². The first-order valence-electron chi connectivity index (χ1n) is 7.58. The van der Waals surface area contributed by atoms with Crippen molar-refractivity contribution in [3.8, 4) is 5.75 Å². The van der Waals surface area contributed by atoms with Gasteiger partial charge in [-0.3, -0.25) is 4.68 Å². The normalized spacial score (nSPS) is 10.9. The molecule has 2 rings (SSSR count). The topological polar surface area (TPSA) is 27.1 Å². The van der Waals surface area contributed by atoms with E-state index in [4.69, 9.17) is 4.74 Å². The summed E-state index contributed by atoms with van der Waals surface area (Å²) in [5.41, 5.74) is 2.14. The Morgan fingerprint density at radius 3 is 2.86 bits per heavy atom. The third-order valence-corrected chi connectivity index (χ3v) is 4.53. The van der Waals surface area contributed by atoms with E-state index in [2.05, 4.69) is 18.2 Å². The molecule has 1 aromatic carbocycles. The van der Waals surface area contributed by atoms with Gasteiger partial charge < -0.3 is 4.74 Å². The van der Waals surface area contributed by atoms with Crippen LogP contribution >= 0.6 is 11.8 Å². The summed E-state index contributed by atoms with van der Waals surface area (Å²) in [4.78, 5) is 0. The molecule has 0 amide bonds. The number of methoxy groups -OCH3 is 1. The maximum Gasteiger partial charge on any atom is 0.123 e. The molecule has 0 fully saturated rings. The molecule has 0 saturated carbocycles. The molecule has 5 heteroatoms. The molecule has 0 N–H and O–H groups in total. The molecule has 0 radical (unpaired) electrons. The fraction of sp³-hybridized carbons (Fsp3) is 0.471. The lowest BCUT2D eigenvalue weighted by atomic mass is 10.2. The highest BCUT2D eigenvalue weighted by molar-refractivity contribution is 7.98. The number of aromatic nitrogens is 2. The molecule has 0 aliphatic carbocycles. The van der Waals surface area contributed by atoms with Crippen LogP contribution in [0.1, 0.15) is 30.4 Å². The van der Waals surface area contributed by atoms with E-state index in [1.807, 2.05) is 22.6 Å². The van der Waals surface area contributed by atoms with E-state index in [9.17, 15) is 4.39 Å². The highest BCUT2D eigenvalue weighted by Crippen LogP contribution is 2.24. The average molecular weight is 322 g/mol. The summed E-state index contributed by atoms with van der Waals surface area (Å²) in [5.74, 6) is 2.44. The van der Waals surface area contributed by atoms with Crippen LogP contribution in [0.5, 0.6) is 5.75 Å². The van der Waals surface area contributed by atoms with Crippen molar-refractivity contribution in [3.63, 3.8) is 0 Å². The van der Waals surface area contributed by atoms with Crippen LogP contribution in [-0.2, 0) is 12.3 Å². The summed E-state index contributed by atoms with van der Waals surface area (Å²) < 4.78 is 20.5. The van der Waals surface area contributed by atoms with Crippen LogP contribution in [-0.4, -0.2) is 22.6 Å². The van der Waals surface area contributed by atoms with Gasteiger partial charge in [0.25, 0.3) is 0 Å². The van der Waals surface area contributed by atoms with Crippen LogP contribution in [0.3, 0.4) is 0 Å². The van der Waals surface area contributed by atoms with E-state index >= 15 is 0 Å². The molecule has 0 saturated heterocycles. The van der Waals surface area contributed by atoms with Crippen molar-refractivity contribution in [2.24, 2.45) is 0 Å². The zero-order valence-electron chi connectivity index (χ0n) is 13.2. The predicted molar refractivity (Wildman–Crippen MR) is 89.9 cm³/mol. The van der Waals surface area contributed by atoms with E-state index in [1.165, 1.54) is 24.5 Å². The number of nitrogens with zero attached hydrogens (tertiary/aromatic N) is 2.